The predicted molar refractivity (Wildman–Crippen MR) is 76.0 cm³/mol. The molecule has 23 heavy (non-hydrogen) atoms. The lowest BCUT2D eigenvalue weighted by Crippen LogP contribution is -2.33. The van der Waals surface area contributed by atoms with E-state index in [4.69, 9.17) is 23.7 Å². The fourth-order valence-electron chi connectivity index (χ4n) is 2.68. The van der Waals surface area contributed by atoms with Gasteiger partial charge in [-0.25, -0.2) is 0 Å². The van der Waals surface area contributed by atoms with Gasteiger partial charge in [0.15, 0.2) is 12.4 Å². The highest BCUT2D eigenvalue weighted by atomic mass is 16.8. The number of carbonyl (C=O) groups is 2. The normalized spacial score (nSPS) is 32.3. The summed E-state index contributed by atoms with van der Waals surface area (Å²) in [5.41, 5.74) is 0.856. The summed E-state index contributed by atoms with van der Waals surface area (Å²) in [5.74, 6) is -0.895. The van der Waals surface area contributed by atoms with E-state index in [9.17, 15) is 9.59 Å². The zero-order valence-corrected chi connectivity index (χ0v) is 12.8. The number of benzene rings is 1. The van der Waals surface area contributed by atoms with E-state index in [1.54, 1.807) is 0 Å². The van der Waals surface area contributed by atoms with Crippen LogP contribution < -0.4 is 0 Å². The van der Waals surface area contributed by atoms with Crippen molar-refractivity contribution in [2.45, 2.75) is 44.7 Å². The van der Waals surface area contributed by atoms with Gasteiger partial charge in [-0.05, 0) is 0 Å². The molecule has 0 unspecified atom stereocenters. The first kappa shape index (κ1) is 15.9. The molecule has 2 heterocycles. The molecule has 7 heteroatoms. The molecule has 2 saturated heterocycles. The van der Waals surface area contributed by atoms with Crippen molar-refractivity contribution in [3.05, 3.63) is 35.9 Å². The molecule has 0 radical (unpaired) electrons. The minimum absolute atomic E-state index is 0.0130. The lowest BCUT2D eigenvalue weighted by molar-refractivity contribution is -0.213. The topological polar surface area (TPSA) is 80.3 Å². The standard InChI is InChI=1S/C16H18O7/c1-9(17)19-8-12-13-14(16(21-12)20-10(2)18)23-15(22-13)11-6-4-3-5-7-11/h3-7,12-16H,8H2,1-2H3/t12-,13-,14-,15+,16-/m1/s1. The van der Waals surface area contributed by atoms with Crippen LogP contribution in [0.5, 0.6) is 0 Å². The fourth-order valence-corrected chi connectivity index (χ4v) is 2.68. The molecule has 0 saturated carbocycles. The minimum atomic E-state index is -0.883. The molecule has 7 nitrogen and oxygen atoms in total. The molecule has 0 aromatic heterocycles. The lowest BCUT2D eigenvalue weighted by atomic mass is 10.1. The number of carbonyl (C=O) groups excluding carboxylic acids is 2. The van der Waals surface area contributed by atoms with E-state index in [2.05, 4.69) is 0 Å². The van der Waals surface area contributed by atoms with Gasteiger partial charge in [-0.1, -0.05) is 30.3 Å². The lowest BCUT2D eigenvalue weighted by Gasteiger charge is -2.19. The molecule has 0 bridgehead atoms. The monoisotopic (exact) mass is 322 g/mol. The Morgan fingerprint density at radius 3 is 2.35 bits per heavy atom. The molecule has 1 aromatic carbocycles. The molecule has 2 aliphatic heterocycles. The van der Waals surface area contributed by atoms with Crippen LogP contribution in [0.15, 0.2) is 30.3 Å². The maximum absolute atomic E-state index is 11.2. The Labute approximate surface area is 133 Å². The van der Waals surface area contributed by atoms with Crippen molar-refractivity contribution < 1.29 is 33.3 Å². The molecule has 1 aromatic rings. The molecule has 0 spiro atoms. The maximum atomic E-state index is 11.2. The summed E-state index contributed by atoms with van der Waals surface area (Å²) in [4.78, 5) is 22.2. The molecule has 3 rings (SSSR count). The van der Waals surface area contributed by atoms with Crippen molar-refractivity contribution in [1.82, 2.24) is 0 Å². The molecular formula is C16H18O7. The highest BCUT2D eigenvalue weighted by Gasteiger charge is 2.54. The van der Waals surface area contributed by atoms with Gasteiger partial charge in [0, 0.05) is 19.4 Å². The highest BCUT2D eigenvalue weighted by molar-refractivity contribution is 5.66. The van der Waals surface area contributed by atoms with Gasteiger partial charge in [-0.15, -0.1) is 0 Å². The van der Waals surface area contributed by atoms with Gasteiger partial charge in [0.2, 0.25) is 6.29 Å². The first-order chi connectivity index (χ1) is 11.0. The van der Waals surface area contributed by atoms with Crippen LogP contribution in [0, 0.1) is 0 Å². The van der Waals surface area contributed by atoms with Crippen LogP contribution in [-0.2, 0) is 33.3 Å². The Bertz CT molecular complexity index is 573. The Hall–Kier alpha value is -1.96. The third kappa shape index (κ3) is 3.52. The summed E-state index contributed by atoms with van der Waals surface area (Å²) < 4.78 is 27.5. The summed E-state index contributed by atoms with van der Waals surface area (Å²) >= 11 is 0. The van der Waals surface area contributed by atoms with E-state index in [0.29, 0.717) is 0 Å². The van der Waals surface area contributed by atoms with Crippen molar-refractivity contribution in [3.63, 3.8) is 0 Å². The molecular weight excluding hydrogens is 304 g/mol. The van der Waals surface area contributed by atoms with E-state index >= 15 is 0 Å². The first-order valence-corrected chi connectivity index (χ1v) is 7.36. The summed E-state index contributed by atoms with van der Waals surface area (Å²) in [5, 5.41) is 0. The highest BCUT2D eigenvalue weighted by Crippen LogP contribution is 2.40. The summed E-state index contributed by atoms with van der Waals surface area (Å²) in [6, 6.07) is 9.43. The van der Waals surface area contributed by atoms with Gasteiger partial charge in [-0.3, -0.25) is 9.59 Å². The second-order valence-electron chi connectivity index (χ2n) is 5.40. The number of ether oxygens (including phenoxy) is 5. The summed E-state index contributed by atoms with van der Waals surface area (Å²) in [6.07, 6.45) is -3.06. The Balaban J connectivity index is 1.73. The van der Waals surface area contributed by atoms with E-state index in [1.165, 1.54) is 13.8 Å². The second kappa shape index (κ2) is 6.66. The minimum Gasteiger partial charge on any atom is -0.463 e. The number of fused-ring (bicyclic) bond motifs is 1. The number of hydrogen-bond donors (Lipinski definition) is 0. The summed E-state index contributed by atoms with van der Waals surface area (Å²) in [7, 11) is 0. The number of esters is 2. The molecule has 0 aliphatic carbocycles. The van der Waals surface area contributed by atoms with Crippen molar-refractivity contribution in [2.24, 2.45) is 0 Å². The quantitative estimate of drug-likeness (QED) is 0.773. The molecule has 2 aliphatic rings. The molecule has 0 N–H and O–H groups in total. The molecule has 124 valence electrons. The van der Waals surface area contributed by atoms with Gasteiger partial charge in [-0.2, -0.15) is 0 Å². The number of hydrogen-bond acceptors (Lipinski definition) is 7. The van der Waals surface area contributed by atoms with Crippen LogP contribution in [-0.4, -0.2) is 43.1 Å². The number of rotatable bonds is 4. The van der Waals surface area contributed by atoms with Crippen molar-refractivity contribution in [2.75, 3.05) is 6.61 Å². The van der Waals surface area contributed by atoms with E-state index in [-0.39, 0.29) is 6.61 Å². The molecule has 0 amide bonds. The van der Waals surface area contributed by atoms with Crippen LogP contribution in [0.2, 0.25) is 0 Å². The average molecular weight is 322 g/mol. The van der Waals surface area contributed by atoms with Crippen molar-refractivity contribution in [3.8, 4) is 0 Å². The first-order valence-electron chi connectivity index (χ1n) is 7.36. The molecule has 5 atom stereocenters. The van der Waals surface area contributed by atoms with Gasteiger partial charge < -0.3 is 23.7 Å². The largest absolute Gasteiger partial charge is 0.463 e. The van der Waals surface area contributed by atoms with E-state index < -0.39 is 42.8 Å². The van der Waals surface area contributed by atoms with Gasteiger partial charge in [0.1, 0.15) is 18.8 Å². The van der Waals surface area contributed by atoms with E-state index in [1.807, 2.05) is 30.3 Å². The van der Waals surface area contributed by atoms with E-state index in [0.717, 1.165) is 5.56 Å². The van der Waals surface area contributed by atoms with Crippen molar-refractivity contribution in [1.29, 1.82) is 0 Å². The van der Waals surface area contributed by atoms with Gasteiger partial charge >= 0.3 is 11.9 Å². The van der Waals surface area contributed by atoms with Crippen molar-refractivity contribution >= 4 is 11.9 Å². The predicted octanol–water partition coefficient (Wildman–Crippen LogP) is 1.32. The van der Waals surface area contributed by atoms with Crippen LogP contribution in [0.4, 0.5) is 0 Å². The molecule has 2 fully saturated rings. The zero-order chi connectivity index (χ0) is 16.4. The SMILES string of the molecule is CC(=O)OC[C@H]1O[C@@H](OC(C)=O)[C@@H]2O[C@@H](c3ccccc3)O[C@@H]21. The van der Waals surface area contributed by atoms with Crippen LogP contribution in [0.3, 0.4) is 0 Å². The Kier molecular flexibility index (Phi) is 4.61. The van der Waals surface area contributed by atoms with Crippen LogP contribution in [0.25, 0.3) is 0 Å². The van der Waals surface area contributed by atoms with Gasteiger partial charge in [0.05, 0.1) is 0 Å². The fraction of sp³-hybridized carbons (Fsp3) is 0.500. The third-order valence-corrected chi connectivity index (χ3v) is 3.63. The Morgan fingerprint density at radius 1 is 1.00 bits per heavy atom. The average Bonchev–Trinajstić information content (AvgIpc) is 3.07. The maximum Gasteiger partial charge on any atom is 0.305 e. The van der Waals surface area contributed by atoms with Gasteiger partial charge in [0.25, 0.3) is 0 Å². The zero-order valence-electron chi connectivity index (χ0n) is 12.8. The second-order valence-corrected chi connectivity index (χ2v) is 5.40. The van der Waals surface area contributed by atoms with Crippen LogP contribution in [0.1, 0.15) is 25.7 Å². The summed E-state index contributed by atoms with van der Waals surface area (Å²) in [6.45, 7) is 2.62. The third-order valence-electron chi connectivity index (χ3n) is 3.63. The van der Waals surface area contributed by atoms with Crippen LogP contribution >= 0.6 is 0 Å². The Morgan fingerprint density at radius 2 is 1.70 bits per heavy atom. The smallest absolute Gasteiger partial charge is 0.305 e.